The number of hydrogen-bond acceptors (Lipinski definition) is 5. The molecule has 0 spiro atoms. The van der Waals surface area contributed by atoms with E-state index >= 15 is 0 Å². The van der Waals surface area contributed by atoms with E-state index < -0.39 is 12.1 Å². The van der Waals surface area contributed by atoms with Gasteiger partial charge >= 0.3 is 12.1 Å². The number of nitrogens with zero attached hydrogens (tertiary/aromatic N) is 1. The maximum atomic E-state index is 11.3. The summed E-state index contributed by atoms with van der Waals surface area (Å²) in [6, 6.07) is 0. The first-order valence-corrected chi connectivity index (χ1v) is 6.49. The van der Waals surface area contributed by atoms with Crippen LogP contribution < -0.4 is 5.32 Å². The molecule has 1 amide bonds. The van der Waals surface area contributed by atoms with Crippen LogP contribution in [0.15, 0.2) is 5.38 Å². The van der Waals surface area contributed by atoms with E-state index in [0.29, 0.717) is 18.0 Å². The summed E-state index contributed by atoms with van der Waals surface area (Å²) in [5.41, 5.74) is 0.779. The lowest BCUT2D eigenvalue weighted by atomic mass is 10.2. The van der Waals surface area contributed by atoms with Gasteiger partial charge in [0.05, 0.1) is 11.8 Å². The Morgan fingerprint density at radius 3 is 2.89 bits per heavy atom. The predicted octanol–water partition coefficient (Wildman–Crippen LogP) is 2.51. The first-order chi connectivity index (χ1) is 8.47. The molecule has 6 nitrogen and oxygen atoms in total. The first-order valence-electron chi connectivity index (χ1n) is 5.61. The number of amides is 1. The third-order valence-corrected chi connectivity index (χ3v) is 2.73. The molecular formula is C11H16N2O4S. The molecule has 100 valence electrons. The fourth-order valence-electron chi connectivity index (χ4n) is 1.23. The number of aryl methyl sites for hydroxylation is 1. The van der Waals surface area contributed by atoms with Crippen molar-refractivity contribution in [2.45, 2.75) is 39.2 Å². The number of nitrogens with one attached hydrogen (secondary N) is 1. The summed E-state index contributed by atoms with van der Waals surface area (Å²) < 4.78 is 4.91. The second-order valence-corrected chi connectivity index (χ2v) is 4.83. The second-order valence-electron chi connectivity index (χ2n) is 3.97. The lowest BCUT2D eigenvalue weighted by molar-refractivity contribution is -0.137. The summed E-state index contributed by atoms with van der Waals surface area (Å²) in [4.78, 5) is 25.8. The van der Waals surface area contributed by atoms with Crippen molar-refractivity contribution in [1.82, 2.24) is 4.98 Å². The van der Waals surface area contributed by atoms with Gasteiger partial charge in [-0.2, -0.15) is 0 Å². The first kappa shape index (κ1) is 14.4. The number of ether oxygens (including phenoxy) is 1. The zero-order chi connectivity index (χ0) is 13.5. The van der Waals surface area contributed by atoms with Crippen LogP contribution in [0.25, 0.3) is 0 Å². The van der Waals surface area contributed by atoms with Crippen LogP contribution in [0.4, 0.5) is 9.93 Å². The Kier molecular flexibility index (Phi) is 5.57. The van der Waals surface area contributed by atoms with E-state index in [2.05, 4.69) is 10.3 Å². The quantitative estimate of drug-likeness (QED) is 0.830. The Morgan fingerprint density at radius 2 is 2.28 bits per heavy atom. The van der Waals surface area contributed by atoms with E-state index in [1.54, 1.807) is 19.2 Å². The summed E-state index contributed by atoms with van der Waals surface area (Å²) in [5, 5.41) is 13.3. The number of carbonyl (C=O) groups is 2. The van der Waals surface area contributed by atoms with Crippen molar-refractivity contribution in [3.8, 4) is 0 Å². The van der Waals surface area contributed by atoms with Crippen molar-refractivity contribution in [2.75, 3.05) is 5.32 Å². The van der Waals surface area contributed by atoms with Crippen LogP contribution in [-0.4, -0.2) is 28.3 Å². The van der Waals surface area contributed by atoms with Gasteiger partial charge in [-0.3, -0.25) is 10.1 Å². The standard InChI is InChI=1S/C11H16N2O4S/c1-7(2)17-11(16)13-10-12-8(6-18-10)4-3-5-9(14)15/h6-7H,3-5H2,1-2H3,(H,14,15)(H,12,13,16). The zero-order valence-electron chi connectivity index (χ0n) is 10.3. The SMILES string of the molecule is CC(C)OC(=O)Nc1nc(CCCC(=O)O)cs1. The highest BCUT2D eigenvalue weighted by Crippen LogP contribution is 2.17. The largest absolute Gasteiger partial charge is 0.481 e. The van der Waals surface area contributed by atoms with Crippen LogP contribution in [0.1, 0.15) is 32.4 Å². The van der Waals surface area contributed by atoms with E-state index in [1.165, 1.54) is 11.3 Å². The molecule has 0 radical (unpaired) electrons. The van der Waals surface area contributed by atoms with Crippen LogP contribution in [0, 0.1) is 0 Å². The van der Waals surface area contributed by atoms with Crippen LogP contribution in [-0.2, 0) is 16.0 Å². The van der Waals surface area contributed by atoms with Gasteiger partial charge in [0, 0.05) is 11.8 Å². The van der Waals surface area contributed by atoms with Crippen LogP contribution in [0.3, 0.4) is 0 Å². The van der Waals surface area contributed by atoms with Gasteiger partial charge in [0.25, 0.3) is 0 Å². The van der Waals surface area contributed by atoms with Crippen LogP contribution >= 0.6 is 11.3 Å². The van der Waals surface area contributed by atoms with Gasteiger partial charge in [0.1, 0.15) is 0 Å². The molecule has 0 aliphatic heterocycles. The average Bonchev–Trinajstić information content (AvgIpc) is 2.63. The van der Waals surface area contributed by atoms with E-state index in [-0.39, 0.29) is 12.5 Å². The van der Waals surface area contributed by atoms with Crippen LogP contribution in [0.5, 0.6) is 0 Å². The molecule has 7 heteroatoms. The lowest BCUT2D eigenvalue weighted by Crippen LogP contribution is -2.17. The molecule has 0 aliphatic rings. The van der Waals surface area contributed by atoms with Gasteiger partial charge in [-0.25, -0.2) is 9.78 Å². The maximum absolute atomic E-state index is 11.3. The molecule has 0 fully saturated rings. The van der Waals surface area contributed by atoms with E-state index in [9.17, 15) is 9.59 Å². The van der Waals surface area contributed by atoms with Crippen molar-refractivity contribution in [2.24, 2.45) is 0 Å². The molecule has 0 aromatic carbocycles. The van der Waals surface area contributed by atoms with Crippen molar-refractivity contribution >= 4 is 28.5 Å². The smallest absolute Gasteiger partial charge is 0.413 e. The highest BCUT2D eigenvalue weighted by atomic mass is 32.1. The fourth-order valence-corrected chi connectivity index (χ4v) is 1.96. The normalized spacial score (nSPS) is 10.4. The Bertz CT molecular complexity index is 417. The Morgan fingerprint density at radius 1 is 1.56 bits per heavy atom. The molecule has 0 aliphatic carbocycles. The van der Waals surface area contributed by atoms with Crippen LogP contribution in [0.2, 0.25) is 0 Å². The molecule has 0 atom stereocenters. The third kappa shape index (κ3) is 5.62. The molecule has 1 aromatic rings. The van der Waals surface area contributed by atoms with Crippen molar-refractivity contribution < 1.29 is 19.4 Å². The molecule has 18 heavy (non-hydrogen) atoms. The molecule has 0 bridgehead atoms. The third-order valence-electron chi connectivity index (χ3n) is 1.93. The van der Waals surface area contributed by atoms with Gasteiger partial charge < -0.3 is 9.84 Å². The number of anilines is 1. The van der Waals surface area contributed by atoms with E-state index in [4.69, 9.17) is 9.84 Å². The van der Waals surface area contributed by atoms with Gasteiger partial charge in [-0.05, 0) is 26.7 Å². The number of hydrogen-bond donors (Lipinski definition) is 2. The molecule has 0 unspecified atom stereocenters. The van der Waals surface area contributed by atoms with Gasteiger partial charge in [-0.1, -0.05) is 0 Å². The number of aromatic nitrogens is 1. The maximum Gasteiger partial charge on any atom is 0.413 e. The minimum absolute atomic E-state index is 0.121. The average molecular weight is 272 g/mol. The molecule has 0 saturated carbocycles. The highest BCUT2D eigenvalue weighted by molar-refractivity contribution is 7.13. The summed E-state index contributed by atoms with van der Waals surface area (Å²) in [6.45, 7) is 3.53. The number of thiazole rings is 1. The molecule has 2 N–H and O–H groups in total. The van der Waals surface area contributed by atoms with E-state index in [1.807, 2.05) is 0 Å². The van der Waals surface area contributed by atoms with Gasteiger partial charge in [0.2, 0.25) is 0 Å². The number of rotatable bonds is 6. The van der Waals surface area contributed by atoms with Gasteiger partial charge in [-0.15, -0.1) is 11.3 Å². The lowest BCUT2D eigenvalue weighted by Gasteiger charge is -2.06. The topological polar surface area (TPSA) is 88.5 Å². The minimum atomic E-state index is -0.816. The molecule has 0 saturated heterocycles. The number of carbonyl (C=O) groups excluding carboxylic acids is 1. The van der Waals surface area contributed by atoms with Crippen molar-refractivity contribution in [1.29, 1.82) is 0 Å². The zero-order valence-corrected chi connectivity index (χ0v) is 11.1. The molecule has 1 aromatic heterocycles. The van der Waals surface area contributed by atoms with E-state index in [0.717, 1.165) is 5.69 Å². The number of carboxylic acids is 1. The summed E-state index contributed by atoms with van der Waals surface area (Å²) in [6.07, 6.45) is 0.533. The Labute approximate surface area is 109 Å². The molecular weight excluding hydrogens is 256 g/mol. The van der Waals surface area contributed by atoms with Crippen molar-refractivity contribution in [3.63, 3.8) is 0 Å². The summed E-state index contributed by atoms with van der Waals surface area (Å²) in [7, 11) is 0. The predicted molar refractivity (Wildman–Crippen MR) is 67.9 cm³/mol. The van der Waals surface area contributed by atoms with Crippen molar-refractivity contribution in [3.05, 3.63) is 11.1 Å². The second kappa shape index (κ2) is 6.95. The number of carboxylic acid groups (broad SMARTS) is 1. The van der Waals surface area contributed by atoms with Gasteiger partial charge in [0.15, 0.2) is 5.13 Å². The minimum Gasteiger partial charge on any atom is -0.481 e. The molecule has 1 heterocycles. The Balaban J connectivity index is 2.38. The number of aliphatic carboxylic acids is 1. The highest BCUT2D eigenvalue weighted by Gasteiger charge is 2.09. The monoisotopic (exact) mass is 272 g/mol. The Hall–Kier alpha value is -1.63. The molecule has 1 rings (SSSR count). The summed E-state index contributed by atoms with van der Waals surface area (Å²) >= 11 is 1.29. The summed E-state index contributed by atoms with van der Waals surface area (Å²) in [5.74, 6) is -0.816. The fraction of sp³-hybridized carbons (Fsp3) is 0.545.